The topological polar surface area (TPSA) is 51.1 Å². The molecule has 0 aliphatic heterocycles. The third-order valence-electron chi connectivity index (χ3n) is 3.86. The zero-order valence-electron chi connectivity index (χ0n) is 12.9. The van der Waals surface area contributed by atoms with E-state index in [-0.39, 0.29) is 5.75 Å². The molecule has 4 nitrogen and oxygen atoms in total. The van der Waals surface area contributed by atoms with Crippen LogP contribution in [0.4, 0.5) is 0 Å². The lowest BCUT2D eigenvalue weighted by atomic mass is 10.2. The second-order valence-electron chi connectivity index (χ2n) is 5.52. The lowest BCUT2D eigenvalue weighted by molar-refractivity contribution is 0.574. The molecule has 23 heavy (non-hydrogen) atoms. The van der Waals surface area contributed by atoms with Gasteiger partial charge in [0.05, 0.1) is 5.75 Å². The van der Waals surface area contributed by atoms with Crippen LogP contribution in [0, 0.1) is 0 Å². The van der Waals surface area contributed by atoms with Crippen molar-refractivity contribution in [3.05, 3.63) is 72.4 Å². The first-order valence-electron chi connectivity index (χ1n) is 7.69. The van der Waals surface area contributed by atoms with Gasteiger partial charge in [0, 0.05) is 24.8 Å². The van der Waals surface area contributed by atoms with E-state index in [1.807, 2.05) is 60.8 Å². The van der Waals surface area contributed by atoms with Crippen LogP contribution in [0.3, 0.4) is 0 Å². The van der Waals surface area contributed by atoms with E-state index in [0.29, 0.717) is 19.5 Å². The number of aromatic nitrogens is 1. The Kier molecular flexibility index (Phi) is 4.79. The highest BCUT2D eigenvalue weighted by molar-refractivity contribution is 7.89. The molecule has 0 saturated carbocycles. The van der Waals surface area contributed by atoms with Gasteiger partial charge in [0.1, 0.15) is 0 Å². The van der Waals surface area contributed by atoms with Crippen LogP contribution < -0.4 is 4.72 Å². The summed E-state index contributed by atoms with van der Waals surface area (Å²) in [6.07, 6.45) is 2.52. The minimum absolute atomic E-state index is 0.115. The van der Waals surface area contributed by atoms with Crippen LogP contribution in [-0.2, 0) is 23.0 Å². The van der Waals surface area contributed by atoms with E-state index in [0.717, 1.165) is 11.1 Å². The van der Waals surface area contributed by atoms with Crippen LogP contribution in [-0.4, -0.2) is 25.3 Å². The number of rotatable bonds is 7. The molecule has 3 aromatic rings. The van der Waals surface area contributed by atoms with Gasteiger partial charge in [0.2, 0.25) is 10.0 Å². The van der Waals surface area contributed by atoms with Gasteiger partial charge >= 0.3 is 0 Å². The maximum atomic E-state index is 12.1. The minimum atomic E-state index is -3.25. The molecule has 0 atom stereocenters. The zero-order valence-corrected chi connectivity index (χ0v) is 13.7. The lowest BCUT2D eigenvalue weighted by Gasteiger charge is -2.08. The summed E-state index contributed by atoms with van der Waals surface area (Å²) in [7, 11) is -3.25. The Morgan fingerprint density at radius 3 is 2.48 bits per heavy atom. The van der Waals surface area contributed by atoms with Gasteiger partial charge in [0.25, 0.3) is 0 Å². The quantitative estimate of drug-likeness (QED) is 0.725. The smallest absolute Gasteiger partial charge is 0.211 e. The molecule has 0 radical (unpaired) electrons. The molecule has 0 unspecified atom stereocenters. The average Bonchev–Trinajstić information content (AvgIpc) is 2.97. The number of para-hydroxylation sites is 1. The number of fused-ring (bicyclic) bond motifs is 1. The third kappa shape index (κ3) is 4.21. The van der Waals surface area contributed by atoms with E-state index in [9.17, 15) is 8.42 Å². The van der Waals surface area contributed by atoms with Gasteiger partial charge in [-0.25, -0.2) is 13.1 Å². The number of nitrogens with one attached hydrogen (secondary N) is 1. The highest BCUT2D eigenvalue weighted by Gasteiger charge is 2.10. The third-order valence-corrected chi connectivity index (χ3v) is 5.24. The largest absolute Gasteiger partial charge is 0.346 e. The van der Waals surface area contributed by atoms with Crippen molar-refractivity contribution in [1.29, 1.82) is 0 Å². The summed E-state index contributed by atoms with van der Waals surface area (Å²) in [5.41, 5.74) is 2.16. The fraction of sp³-hybridized carbons (Fsp3) is 0.222. The summed E-state index contributed by atoms with van der Waals surface area (Å²) in [5, 5.41) is 1.17. The fourth-order valence-electron chi connectivity index (χ4n) is 2.63. The van der Waals surface area contributed by atoms with Crippen LogP contribution in [0.2, 0.25) is 0 Å². The highest BCUT2D eigenvalue weighted by atomic mass is 32.2. The Bertz CT molecular complexity index is 870. The van der Waals surface area contributed by atoms with E-state index < -0.39 is 10.0 Å². The number of aryl methyl sites for hydroxylation is 1. The van der Waals surface area contributed by atoms with Gasteiger partial charge in [0.15, 0.2) is 0 Å². The summed E-state index contributed by atoms with van der Waals surface area (Å²) in [5.74, 6) is 0.115. The number of hydrogen-bond donors (Lipinski definition) is 1. The van der Waals surface area contributed by atoms with Crippen LogP contribution in [0.25, 0.3) is 10.9 Å². The molecule has 1 N–H and O–H groups in total. The van der Waals surface area contributed by atoms with E-state index in [2.05, 4.69) is 15.4 Å². The molecule has 120 valence electrons. The van der Waals surface area contributed by atoms with Gasteiger partial charge in [-0.3, -0.25) is 0 Å². The van der Waals surface area contributed by atoms with E-state index in [1.165, 1.54) is 5.39 Å². The fourth-order valence-corrected chi connectivity index (χ4v) is 3.68. The Labute approximate surface area is 136 Å². The Hall–Kier alpha value is -2.11. The average molecular weight is 328 g/mol. The summed E-state index contributed by atoms with van der Waals surface area (Å²) in [4.78, 5) is 0. The Balaban J connectivity index is 1.53. The van der Waals surface area contributed by atoms with E-state index in [1.54, 1.807) is 0 Å². The van der Waals surface area contributed by atoms with Crippen molar-refractivity contribution in [1.82, 2.24) is 9.29 Å². The molecule has 3 rings (SSSR count). The Morgan fingerprint density at radius 1 is 0.913 bits per heavy atom. The molecule has 0 amide bonds. The van der Waals surface area contributed by atoms with Crippen molar-refractivity contribution < 1.29 is 8.42 Å². The Morgan fingerprint density at radius 2 is 1.65 bits per heavy atom. The van der Waals surface area contributed by atoms with Crippen molar-refractivity contribution in [2.45, 2.75) is 13.0 Å². The second kappa shape index (κ2) is 6.98. The van der Waals surface area contributed by atoms with E-state index in [4.69, 9.17) is 0 Å². The number of sulfonamides is 1. The van der Waals surface area contributed by atoms with Crippen molar-refractivity contribution in [2.75, 3.05) is 12.3 Å². The molecule has 1 heterocycles. The molecule has 0 fully saturated rings. The maximum Gasteiger partial charge on any atom is 0.211 e. The SMILES string of the molecule is O=S(=O)(CCc1ccccc1)NCCn1ccc2ccccc21. The van der Waals surface area contributed by atoms with Crippen molar-refractivity contribution in [3.8, 4) is 0 Å². The van der Waals surface area contributed by atoms with Crippen molar-refractivity contribution >= 4 is 20.9 Å². The molecule has 1 aromatic heterocycles. The van der Waals surface area contributed by atoms with Gasteiger partial charge in [-0.2, -0.15) is 0 Å². The van der Waals surface area contributed by atoms with Gasteiger partial charge in [-0.15, -0.1) is 0 Å². The summed E-state index contributed by atoms with van der Waals surface area (Å²) in [6, 6.07) is 19.8. The van der Waals surface area contributed by atoms with Crippen LogP contribution in [0.1, 0.15) is 5.56 Å². The first-order chi connectivity index (χ1) is 11.1. The van der Waals surface area contributed by atoms with E-state index >= 15 is 0 Å². The molecule has 5 heteroatoms. The monoisotopic (exact) mass is 328 g/mol. The predicted molar refractivity (Wildman–Crippen MR) is 93.9 cm³/mol. The first kappa shape index (κ1) is 15.8. The second-order valence-corrected chi connectivity index (χ2v) is 7.44. The molecule has 2 aromatic carbocycles. The van der Waals surface area contributed by atoms with Crippen LogP contribution >= 0.6 is 0 Å². The first-order valence-corrected chi connectivity index (χ1v) is 9.34. The summed E-state index contributed by atoms with van der Waals surface area (Å²) in [6.45, 7) is 1.02. The molecule has 0 aliphatic carbocycles. The van der Waals surface area contributed by atoms with Gasteiger partial charge in [-0.1, -0.05) is 48.5 Å². The molecular weight excluding hydrogens is 308 g/mol. The standard InChI is InChI=1S/C18H20N2O2S/c21-23(22,15-11-16-6-2-1-3-7-16)19-12-14-20-13-10-17-8-4-5-9-18(17)20/h1-10,13,19H,11-12,14-15H2. The van der Waals surface area contributed by atoms with Crippen molar-refractivity contribution in [3.63, 3.8) is 0 Å². The normalized spacial score (nSPS) is 11.8. The summed E-state index contributed by atoms with van der Waals surface area (Å²) >= 11 is 0. The van der Waals surface area contributed by atoms with Crippen molar-refractivity contribution in [2.24, 2.45) is 0 Å². The minimum Gasteiger partial charge on any atom is -0.346 e. The molecule has 0 aliphatic rings. The maximum absolute atomic E-state index is 12.1. The van der Waals surface area contributed by atoms with Gasteiger partial charge in [-0.05, 0) is 29.5 Å². The highest BCUT2D eigenvalue weighted by Crippen LogP contribution is 2.14. The predicted octanol–water partition coefficient (Wildman–Crippen LogP) is 2.80. The van der Waals surface area contributed by atoms with Crippen LogP contribution in [0.15, 0.2) is 66.9 Å². The molecule has 0 saturated heterocycles. The van der Waals surface area contributed by atoms with Crippen LogP contribution in [0.5, 0.6) is 0 Å². The summed E-state index contributed by atoms with van der Waals surface area (Å²) < 4.78 is 28.9. The number of hydrogen-bond acceptors (Lipinski definition) is 2. The lowest BCUT2D eigenvalue weighted by Crippen LogP contribution is -2.30. The molecular formula is C18H20N2O2S. The molecule has 0 bridgehead atoms. The molecule has 0 spiro atoms. The zero-order chi connectivity index (χ0) is 16.1. The van der Waals surface area contributed by atoms with Gasteiger partial charge < -0.3 is 4.57 Å². The number of nitrogens with zero attached hydrogens (tertiary/aromatic N) is 1. The number of benzene rings is 2.